The van der Waals surface area contributed by atoms with Crippen LogP contribution in [0.5, 0.6) is 0 Å². The molecule has 24 heavy (non-hydrogen) atoms. The average molecular weight is 322 g/mol. The van der Waals surface area contributed by atoms with E-state index in [9.17, 15) is 4.79 Å². The molecule has 1 saturated carbocycles. The maximum atomic E-state index is 13.0. The monoisotopic (exact) mass is 322 g/mol. The highest BCUT2D eigenvalue weighted by molar-refractivity contribution is 5.86. The summed E-state index contributed by atoms with van der Waals surface area (Å²) >= 11 is 0. The number of likely N-dealkylation sites (tertiary alicyclic amines) is 1. The van der Waals surface area contributed by atoms with Crippen LogP contribution in [-0.4, -0.2) is 29.4 Å². The minimum absolute atomic E-state index is 0.0621. The standard InChI is InChI=1S/C21H26N2O/c1-14(22)20-8-4-5-11-23(20)21(24)19-13-18(19)17-10-9-15-6-2-3-7-16(15)12-17/h2-3,6-7,9-10,12,14,18-20H,4-5,8,11,13,22H2,1H3. The van der Waals surface area contributed by atoms with Crippen LogP contribution in [0.4, 0.5) is 0 Å². The Morgan fingerprint density at radius 3 is 2.75 bits per heavy atom. The Bertz CT molecular complexity index is 754. The summed E-state index contributed by atoms with van der Waals surface area (Å²) in [6, 6.07) is 15.3. The summed E-state index contributed by atoms with van der Waals surface area (Å²) in [5, 5.41) is 2.53. The van der Waals surface area contributed by atoms with Gasteiger partial charge in [0.2, 0.25) is 5.91 Å². The van der Waals surface area contributed by atoms with Gasteiger partial charge in [0.15, 0.2) is 0 Å². The van der Waals surface area contributed by atoms with Gasteiger partial charge in [-0.05, 0) is 54.9 Å². The summed E-state index contributed by atoms with van der Waals surface area (Å²) in [6.45, 7) is 2.91. The quantitative estimate of drug-likeness (QED) is 0.937. The van der Waals surface area contributed by atoms with Crippen molar-refractivity contribution in [2.45, 2.75) is 50.6 Å². The Morgan fingerprint density at radius 1 is 1.17 bits per heavy atom. The van der Waals surface area contributed by atoms with Crippen LogP contribution in [0.15, 0.2) is 42.5 Å². The van der Waals surface area contributed by atoms with Crippen molar-refractivity contribution in [1.82, 2.24) is 4.90 Å². The smallest absolute Gasteiger partial charge is 0.226 e. The lowest BCUT2D eigenvalue weighted by molar-refractivity contribution is -0.136. The van der Waals surface area contributed by atoms with Crippen LogP contribution in [0.3, 0.4) is 0 Å². The molecule has 1 amide bonds. The van der Waals surface area contributed by atoms with E-state index in [4.69, 9.17) is 5.73 Å². The molecule has 1 aliphatic heterocycles. The van der Waals surface area contributed by atoms with Crippen molar-refractivity contribution in [1.29, 1.82) is 0 Å². The Labute approximate surface area is 143 Å². The summed E-state index contributed by atoms with van der Waals surface area (Å²) in [7, 11) is 0. The number of hydrogen-bond donors (Lipinski definition) is 1. The molecule has 4 atom stereocenters. The normalized spacial score (nSPS) is 27.9. The van der Waals surface area contributed by atoms with Gasteiger partial charge in [-0.15, -0.1) is 0 Å². The number of rotatable bonds is 3. The van der Waals surface area contributed by atoms with E-state index in [1.54, 1.807) is 0 Å². The van der Waals surface area contributed by atoms with E-state index in [1.165, 1.54) is 22.8 Å². The third-order valence-electron chi connectivity index (χ3n) is 5.75. The summed E-state index contributed by atoms with van der Waals surface area (Å²) in [5.74, 6) is 0.874. The topological polar surface area (TPSA) is 46.3 Å². The molecule has 0 aromatic heterocycles. The average Bonchev–Trinajstić information content (AvgIpc) is 3.41. The van der Waals surface area contributed by atoms with E-state index in [2.05, 4.69) is 47.4 Å². The molecule has 1 saturated heterocycles. The second kappa shape index (κ2) is 6.21. The molecular weight excluding hydrogens is 296 g/mol. The van der Waals surface area contributed by atoms with Gasteiger partial charge in [0, 0.05) is 24.5 Å². The van der Waals surface area contributed by atoms with Crippen molar-refractivity contribution >= 4 is 16.7 Å². The molecule has 2 aromatic carbocycles. The second-order valence-electron chi connectivity index (χ2n) is 7.51. The zero-order chi connectivity index (χ0) is 16.7. The minimum atomic E-state index is 0.0621. The molecule has 126 valence electrons. The third-order valence-corrected chi connectivity index (χ3v) is 5.75. The van der Waals surface area contributed by atoms with E-state index in [1.807, 2.05) is 6.92 Å². The predicted molar refractivity (Wildman–Crippen MR) is 97.8 cm³/mol. The van der Waals surface area contributed by atoms with Gasteiger partial charge in [-0.25, -0.2) is 0 Å². The fourth-order valence-corrected chi connectivity index (χ4v) is 4.27. The van der Waals surface area contributed by atoms with E-state index in [0.717, 1.165) is 25.8 Å². The van der Waals surface area contributed by atoms with Crippen LogP contribution in [0, 0.1) is 5.92 Å². The van der Waals surface area contributed by atoms with Crippen LogP contribution in [0.1, 0.15) is 44.1 Å². The number of fused-ring (bicyclic) bond motifs is 1. The highest BCUT2D eigenvalue weighted by Crippen LogP contribution is 2.49. The van der Waals surface area contributed by atoms with Crippen LogP contribution >= 0.6 is 0 Å². The van der Waals surface area contributed by atoms with E-state index in [-0.39, 0.29) is 18.0 Å². The van der Waals surface area contributed by atoms with E-state index >= 15 is 0 Å². The highest BCUT2D eigenvalue weighted by atomic mass is 16.2. The highest BCUT2D eigenvalue weighted by Gasteiger charge is 2.47. The summed E-state index contributed by atoms with van der Waals surface area (Å²) in [6.07, 6.45) is 4.34. The van der Waals surface area contributed by atoms with Crippen molar-refractivity contribution in [3.8, 4) is 0 Å². The van der Waals surface area contributed by atoms with Crippen molar-refractivity contribution in [2.75, 3.05) is 6.54 Å². The van der Waals surface area contributed by atoms with Crippen molar-refractivity contribution in [3.63, 3.8) is 0 Å². The SMILES string of the molecule is CC(N)C1CCCCN1C(=O)C1CC1c1ccc2ccccc2c1. The molecule has 0 bridgehead atoms. The lowest BCUT2D eigenvalue weighted by Crippen LogP contribution is -2.52. The summed E-state index contributed by atoms with van der Waals surface area (Å²) < 4.78 is 0. The number of nitrogens with two attached hydrogens (primary N) is 1. The largest absolute Gasteiger partial charge is 0.338 e. The number of piperidine rings is 1. The van der Waals surface area contributed by atoms with Crippen molar-refractivity contribution in [3.05, 3.63) is 48.0 Å². The summed E-state index contributed by atoms with van der Waals surface area (Å²) in [4.78, 5) is 15.1. The molecular formula is C21H26N2O. The first-order valence-corrected chi connectivity index (χ1v) is 9.20. The fraction of sp³-hybridized carbons (Fsp3) is 0.476. The van der Waals surface area contributed by atoms with E-state index in [0.29, 0.717) is 11.8 Å². The molecule has 3 nitrogen and oxygen atoms in total. The Kier molecular flexibility index (Phi) is 4.05. The number of amides is 1. The van der Waals surface area contributed by atoms with Gasteiger partial charge in [0.1, 0.15) is 0 Å². The fourth-order valence-electron chi connectivity index (χ4n) is 4.27. The zero-order valence-corrected chi connectivity index (χ0v) is 14.3. The maximum absolute atomic E-state index is 13.0. The predicted octanol–water partition coefficient (Wildman–Crippen LogP) is 3.67. The molecule has 4 unspecified atom stereocenters. The van der Waals surface area contributed by atoms with Gasteiger partial charge in [-0.2, -0.15) is 0 Å². The zero-order valence-electron chi connectivity index (χ0n) is 14.3. The molecule has 1 heterocycles. The van der Waals surface area contributed by atoms with Gasteiger partial charge in [0.05, 0.1) is 0 Å². The number of carbonyl (C=O) groups excluding carboxylic acids is 1. The first-order valence-electron chi connectivity index (χ1n) is 9.20. The Balaban J connectivity index is 1.51. The van der Waals surface area contributed by atoms with E-state index < -0.39 is 0 Å². The van der Waals surface area contributed by atoms with Crippen LogP contribution in [0.25, 0.3) is 10.8 Å². The minimum Gasteiger partial charge on any atom is -0.338 e. The molecule has 0 radical (unpaired) electrons. The van der Waals surface area contributed by atoms with Crippen molar-refractivity contribution < 1.29 is 4.79 Å². The molecule has 2 N–H and O–H groups in total. The lowest BCUT2D eigenvalue weighted by Gasteiger charge is -2.38. The van der Waals surface area contributed by atoms with Crippen molar-refractivity contribution in [2.24, 2.45) is 11.7 Å². The first kappa shape index (κ1) is 15.6. The molecule has 0 spiro atoms. The van der Waals surface area contributed by atoms with Gasteiger partial charge in [-0.3, -0.25) is 4.79 Å². The van der Waals surface area contributed by atoms with Crippen LogP contribution < -0.4 is 5.73 Å². The molecule has 2 fully saturated rings. The lowest BCUT2D eigenvalue weighted by atomic mass is 9.96. The van der Waals surface area contributed by atoms with Gasteiger partial charge in [0.25, 0.3) is 0 Å². The van der Waals surface area contributed by atoms with Gasteiger partial charge >= 0.3 is 0 Å². The van der Waals surface area contributed by atoms with Gasteiger partial charge < -0.3 is 10.6 Å². The Morgan fingerprint density at radius 2 is 1.96 bits per heavy atom. The molecule has 4 rings (SSSR count). The first-order chi connectivity index (χ1) is 11.6. The molecule has 3 heteroatoms. The van der Waals surface area contributed by atoms with Gasteiger partial charge in [-0.1, -0.05) is 42.5 Å². The number of nitrogens with zero attached hydrogens (tertiary/aromatic N) is 1. The number of carbonyl (C=O) groups is 1. The molecule has 2 aromatic rings. The second-order valence-corrected chi connectivity index (χ2v) is 7.51. The number of benzene rings is 2. The summed E-state index contributed by atoms with van der Waals surface area (Å²) in [5.41, 5.74) is 7.44. The molecule has 2 aliphatic rings. The van der Waals surface area contributed by atoms with Crippen LogP contribution in [-0.2, 0) is 4.79 Å². The van der Waals surface area contributed by atoms with Crippen LogP contribution in [0.2, 0.25) is 0 Å². The third kappa shape index (κ3) is 2.82. The molecule has 1 aliphatic carbocycles. The maximum Gasteiger partial charge on any atom is 0.226 e. The number of hydrogen-bond acceptors (Lipinski definition) is 2. The Hall–Kier alpha value is -1.87.